The van der Waals surface area contributed by atoms with Crippen LogP contribution >= 0.6 is 0 Å². The van der Waals surface area contributed by atoms with Gasteiger partial charge in [0.1, 0.15) is 0 Å². The van der Waals surface area contributed by atoms with Gasteiger partial charge in [-0.2, -0.15) is 0 Å². The summed E-state index contributed by atoms with van der Waals surface area (Å²) < 4.78 is 0. The zero-order chi connectivity index (χ0) is 12.5. The molecule has 2 saturated carbocycles. The van der Waals surface area contributed by atoms with Crippen molar-refractivity contribution in [3.8, 4) is 0 Å². The van der Waals surface area contributed by atoms with Gasteiger partial charge in [0, 0.05) is 6.04 Å². The maximum atomic E-state index is 3.83. The Morgan fingerprint density at radius 3 is 2.35 bits per heavy atom. The fraction of sp³-hybridized carbons (Fsp3) is 1.00. The van der Waals surface area contributed by atoms with Gasteiger partial charge in [0.2, 0.25) is 0 Å². The summed E-state index contributed by atoms with van der Waals surface area (Å²) in [7, 11) is 0. The Labute approximate surface area is 108 Å². The summed E-state index contributed by atoms with van der Waals surface area (Å²) in [5.74, 6) is 2.93. The molecule has 0 aliphatic heterocycles. The Morgan fingerprint density at radius 1 is 1.06 bits per heavy atom. The first kappa shape index (κ1) is 13.4. The van der Waals surface area contributed by atoms with Crippen LogP contribution in [0.15, 0.2) is 0 Å². The van der Waals surface area contributed by atoms with Gasteiger partial charge < -0.3 is 5.32 Å². The molecule has 0 saturated heterocycles. The van der Waals surface area contributed by atoms with Crippen LogP contribution in [0.2, 0.25) is 0 Å². The van der Waals surface area contributed by atoms with Crippen molar-refractivity contribution < 1.29 is 0 Å². The summed E-state index contributed by atoms with van der Waals surface area (Å²) in [5.41, 5.74) is 0.514. The van der Waals surface area contributed by atoms with E-state index in [9.17, 15) is 0 Å². The first-order valence-corrected chi connectivity index (χ1v) is 7.70. The highest BCUT2D eigenvalue weighted by atomic mass is 14.9. The van der Waals surface area contributed by atoms with Gasteiger partial charge in [-0.05, 0) is 61.8 Å². The first-order chi connectivity index (χ1) is 7.97. The maximum absolute atomic E-state index is 3.83. The average Bonchev–Trinajstić information content (AvgIpc) is 2.96. The Balaban J connectivity index is 1.71. The fourth-order valence-electron chi connectivity index (χ4n) is 3.37. The molecule has 2 aliphatic rings. The molecule has 17 heavy (non-hydrogen) atoms. The third kappa shape index (κ3) is 3.98. The Hall–Kier alpha value is -0.0400. The van der Waals surface area contributed by atoms with Crippen molar-refractivity contribution in [2.24, 2.45) is 23.2 Å². The van der Waals surface area contributed by atoms with Crippen LogP contribution in [0.4, 0.5) is 0 Å². The van der Waals surface area contributed by atoms with Crippen molar-refractivity contribution in [3.05, 3.63) is 0 Å². The Morgan fingerprint density at radius 2 is 1.76 bits per heavy atom. The van der Waals surface area contributed by atoms with Gasteiger partial charge in [0.25, 0.3) is 0 Å². The summed E-state index contributed by atoms with van der Waals surface area (Å²) in [4.78, 5) is 0. The van der Waals surface area contributed by atoms with E-state index >= 15 is 0 Å². The molecule has 2 fully saturated rings. The molecule has 0 heterocycles. The van der Waals surface area contributed by atoms with Crippen molar-refractivity contribution in [3.63, 3.8) is 0 Å². The first-order valence-electron chi connectivity index (χ1n) is 7.70. The van der Waals surface area contributed by atoms with E-state index in [0.717, 1.165) is 23.8 Å². The van der Waals surface area contributed by atoms with Crippen molar-refractivity contribution in [1.82, 2.24) is 5.32 Å². The summed E-state index contributed by atoms with van der Waals surface area (Å²) in [6.45, 7) is 10.9. The zero-order valence-electron chi connectivity index (χ0n) is 12.3. The quantitative estimate of drug-likeness (QED) is 0.724. The van der Waals surface area contributed by atoms with E-state index in [-0.39, 0.29) is 0 Å². The van der Waals surface area contributed by atoms with Crippen molar-refractivity contribution in [2.75, 3.05) is 6.54 Å². The fourth-order valence-corrected chi connectivity index (χ4v) is 3.37. The lowest BCUT2D eigenvalue weighted by Crippen LogP contribution is -2.30. The molecule has 0 aromatic carbocycles. The van der Waals surface area contributed by atoms with E-state index in [4.69, 9.17) is 0 Å². The molecule has 2 aliphatic carbocycles. The number of rotatable bonds is 3. The normalized spacial score (nSPS) is 38.8. The van der Waals surface area contributed by atoms with Crippen molar-refractivity contribution in [2.45, 2.75) is 72.3 Å². The zero-order valence-corrected chi connectivity index (χ0v) is 12.3. The highest BCUT2D eigenvalue weighted by Crippen LogP contribution is 2.38. The van der Waals surface area contributed by atoms with E-state index in [2.05, 4.69) is 33.0 Å². The van der Waals surface area contributed by atoms with Crippen LogP contribution in [0.5, 0.6) is 0 Å². The minimum Gasteiger partial charge on any atom is -0.314 e. The van der Waals surface area contributed by atoms with Gasteiger partial charge in [-0.1, -0.05) is 34.1 Å². The van der Waals surface area contributed by atoms with Gasteiger partial charge in [-0.15, -0.1) is 0 Å². The molecule has 0 amide bonds. The second kappa shape index (κ2) is 5.30. The average molecular weight is 237 g/mol. The predicted octanol–water partition coefficient (Wildman–Crippen LogP) is 4.23. The van der Waals surface area contributed by atoms with E-state index in [0.29, 0.717) is 5.41 Å². The van der Waals surface area contributed by atoms with Crippen LogP contribution in [0, 0.1) is 23.2 Å². The molecule has 4 unspecified atom stereocenters. The molecule has 0 aromatic heterocycles. The number of hydrogen-bond donors (Lipinski definition) is 1. The number of hydrogen-bond acceptors (Lipinski definition) is 1. The molecule has 0 spiro atoms. The minimum absolute atomic E-state index is 0.514. The molecule has 0 aromatic rings. The molecule has 1 heteroatoms. The highest BCUT2D eigenvalue weighted by molar-refractivity contribution is 4.87. The molecule has 0 bridgehead atoms. The largest absolute Gasteiger partial charge is 0.314 e. The lowest BCUT2D eigenvalue weighted by Gasteiger charge is -2.29. The standard InChI is InChI=1S/C16H31N/c1-12-10-13(12)11-17-15-7-5-6-14(8-9-15)16(2,3)4/h12-15,17H,5-11H2,1-4H3. The lowest BCUT2D eigenvalue weighted by atomic mass is 9.76. The van der Waals surface area contributed by atoms with E-state index in [1.165, 1.54) is 45.1 Å². The Bertz CT molecular complexity index is 240. The molecular formula is C16H31N. The lowest BCUT2D eigenvalue weighted by molar-refractivity contribution is 0.213. The Kier molecular flexibility index (Phi) is 4.18. The third-order valence-corrected chi connectivity index (χ3v) is 5.14. The molecule has 1 nitrogen and oxygen atoms in total. The van der Waals surface area contributed by atoms with Crippen LogP contribution in [0.25, 0.3) is 0 Å². The van der Waals surface area contributed by atoms with Crippen LogP contribution in [0.3, 0.4) is 0 Å². The summed E-state index contributed by atoms with van der Waals surface area (Å²) >= 11 is 0. The molecule has 2 rings (SSSR count). The molecular weight excluding hydrogens is 206 g/mol. The van der Waals surface area contributed by atoms with Gasteiger partial charge in [0.15, 0.2) is 0 Å². The van der Waals surface area contributed by atoms with Crippen LogP contribution in [0.1, 0.15) is 66.2 Å². The van der Waals surface area contributed by atoms with Crippen molar-refractivity contribution >= 4 is 0 Å². The molecule has 0 radical (unpaired) electrons. The molecule has 100 valence electrons. The summed E-state index contributed by atoms with van der Waals surface area (Å²) in [6, 6.07) is 0.815. The van der Waals surface area contributed by atoms with Crippen LogP contribution < -0.4 is 5.32 Å². The minimum atomic E-state index is 0.514. The van der Waals surface area contributed by atoms with E-state index in [1.807, 2.05) is 0 Å². The third-order valence-electron chi connectivity index (χ3n) is 5.14. The van der Waals surface area contributed by atoms with Gasteiger partial charge in [0.05, 0.1) is 0 Å². The second-order valence-electron chi connectivity index (χ2n) is 7.65. The SMILES string of the molecule is CC1CC1CNC1CCCC(C(C)(C)C)CC1. The van der Waals surface area contributed by atoms with Gasteiger partial charge in [-0.3, -0.25) is 0 Å². The maximum Gasteiger partial charge on any atom is 0.00672 e. The van der Waals surface area contributed by atoms with Gasteiger partial charge >= 0.3 is 0 Å². The molecule has 4 atom stereocenters. The summed E-state index contributed by atoms with van der Waals surface area (Å²) in [6.07, 6.45) is 8.59. The topological polar surface area (TPSA) is 12.0 Å². The van der Waals surface area contributed by atoms with Gasteiger partial charge in [-0.25, -0.2) is 0 Å². The molecule has 1 N–H and O–H groups in total. The predicted molar refractivity (Wildman–Crippen MR) is 75.1 cm³/mol. The highest BCUT2D eigenvalue weighted by Gasteiger charge is 2.33. The monoisotopic (exact) mass is 237 g/mol. The summed E-state index contributed by atoms with van der Waals surface area (Å²) in [5, 5.41) is 3.83. The second-order valence-corrected chi connectivity index (χ2v) is 7.65. The van der Waals surface area contributed by atoms with E-state index < -0.39 is 0 Å². The number of nitrogens with one attached hydrogen (secondary N) is 1. The van der Waals surface area contributed by atoms with Crippen LogP contribution in [-0.2, 0) is 0 Å². The van der Waals surface area contributed by atoms with Crippen molar-refractivity contribution in [1.29, 1.82) is 0 Å². The van der Waals surface area contributed by atoms with E-state index in [1.54, 1.807) is 0 Å². The smallest absolute Gasteiger partial charge is 0.00672 e. The van der Waals surface area contributed by atoms with Crippen LogP contribution in [-0.4, -0.2) is 12.6 Å².